The number of carbonyl (C=O) groups excluding carboxylic acids is 2. The van der Waals surface area contributed by atoms with Crippen molar-refractivity contribution in [3.05, 3.63) is 109 Å². The van der Waals surface area contributed by atoms with Crippen molar-refractivity contribution in [3.63, 3.8) is 0 Å². The molecule has 0 radical (unpaired) electrons. The Balaban J connectivity index is 0.000000234. The summed E-state index contributed by atoms with van der Waals surface area (Å²) in [7, 11) is -4.06. The molecule has 74 heavy (non-hydrogen) atoms. The fourth-order valence-electron chi connectivity index (χ4n) is 8.21. The number of fused-ring (bicyclic) bond motifs is 2. The highest BCUT2D eigenvalue weighted by Crippen LogP contribution is 2.46. The van der Waals surface area contributed by atoms with Crippen molar-refractivity contribution >= 4 is 50.9 Å². The lowest BCUT2D eigenvalue weighted by atomic mass is 9.96. The maximum absolute atomic E-state index is 13.7. The van der Waals surface area contributed by atoms with Crippen LogP contribution in [0.1, 0.15) is 77.1 Å². The van der Waals surface area contributed by atoms with E-state index in [0.29, 0.717) is 54.5 Å². The maximum Gasteiger partial charge on any atom is 0.459 e. The predicted octanol–water partition coefficient (Wildman–Crippen LogP) is 6.57. The topological polar surface area (TPSA) is 311 Å². The number of para-hydroxylation sites is 2. The van der Waals surface area contributed by atoms with Crippen LogP contribution >= 0.6 is 16.3 Å². The number of benzene rings is 2. The van der Waals surface area contributed by atoms with E-state index in [1.807, 2.05) is 60.7 Å². The minimum atomic E-state index is -3.97. The van der Waals surface area contributed by atoms with Gasteiger partial charge in [-0.25, -0.2) is 33.9 Å². The molecule has 2 aromatic carbocycles. The van der Waals surface area contributed by atoms with Crippen molar-refractivity contribution in [1.29, 1.82) is 5.26 Å². The molecule has 2 fully saturated rings. The van der Waals surface area contributed by atoms with Gasteiger partial charge in [-0.05, 0) is 121 Å². The molecule has 0 amide bonds. The van der Waals surface area contributed by atoms with Gasteiger partial charge in [-0.3, -0.25) is 14.1 Å². The molecule has 1 aliphatic carbocycles. The minimum absolute atomic E-state index is 0.0293. The molecule has 1 saturated heterocycles. The molecule has 6 unspecified atom stereocenters. The molecule has 1 saturated carbocycles. The van der Waals surface area contributed by atoms with E-state index in [-0.39, 0.29) is 37.9 Å². The average Bonchev–Trinajstić information content (AvgIpc) is 4.26. The van der Waals surface area contributed by atoms with Crippen LogP contribution in [0.4, 0.5) is 11.6 Å². The molecule has 5 heterocycles. The minimum Gasteiger partial charge on any atom is -0.465 e. The molecule has 4 aromatic heterocycles. The molecule has 25 heteroatoms. The quantitative estimate of drug-likeness (QED) is 0.0316. The number of ether oxygens (including phenoxy) is 4. The molecular weight excluding hydrogens is 995 g/mol. The third kappa shape index (κ3) is 15.4. The number of nitrogens with one attached hydrogen (secondary N) is 2. The van der Waals surface area contributed by atoms with E-state index in [2.05, 4.69) is 36.9 Å². The van der Waals surface area contributed by atoms with Gasteiger partial charge < -0.3 is 49.7 Å². The molecule has 8 rings (SSSR count). The lowest BCUT2D eigenvalue weighted by molar-refractivity contribution is -0.150. The Morgan fingerprint density at radius 2 is 1.53 bits per heavy atom. The van der Waals surface area contributed by atoms with Crippen molar-refractivity contribution < 1.29 is 51.2 Å². The van der Waals surface area contributed by atoms with E-state index in [9.17, 15) is 14.2 Å². The molecular formula is C49H66N12O11P2. The van der Waals surface area contributed by atoms with Gasteiger partial charge in [-0.1, -0.05) is 36.4 Å². The van der Waals surface area contributed by atoms with Crippen LogP contribution in [0.2, 0.25) is 0 Å². The van der Waals surface area contributed by atoms with Gasteiger partial charge in [-0.2, -0.15) is 15.3 Å². The number of hydrogen-bond donors (Lipinski definition) is 5. The molecule has 0 spiro atoms. The summed E-state index contributed by atoms with van der Waals surface area (Å²) in [6.45, 7) is 9.35. The molecule has 0 bridgehead atoms. The third-order valence-electron chi connectivity index (χ3n) is 12.1. The highest BCUT2D eigenvalue weighted by Gasteiger charge is 2.44. The van der Waals surface area contributed by atoms with Crippen LogP contribution in [-0.4, -0.2) is 105 Å². The maximum atomic E-state index is 13.7. The van der Waals surface area contributed by atoms with Gasteiger partial charge in [0.05, 0.1) is 37.7 Å². The highest BCUT2D eigenvalue weighted by molar-refractivity contribution is 7.52. The zero-order valence-electron chi connectivity index (χ0n) is 41.9. The number of nitriles is 1. The number of aryl methyl sites for hydroxylation is 1. The summed E-state index contributed by atoms with van der Waals surface area (Å²) in [5.41, 5.74) is 20.6. The number of carbonyl (C=O) groups is 2. The summed E-state index contributed by atoms with van der Waals surface area (Å²) < 4.78 is 63.5. The van der Waals surface area contributed by atoms with Crippen LogP contribution in [0.3, 0.4) is 0 Å². The van der Waals surface area contributed by atoms with E-state index in [4.69, 9.17) is 59.5 Å². The first-order valence-electron chi connectivity index (χ1n) is 24.2. The van der Waals surface area contributed by atoms with E-state index >= 15 is 0 Å². The first-order valence-corrected chi connectivity index (χ1v) is 26.9. The summed E-state index contributed by atoms with van der Waals surface area (Å²) in [6.07, 6.45) is 8.43. The van der Waals surface area contributed by atoms with Gasteiger partial charge >= 0.3 is 28.2 Å². The Hall–Kier alpha value is -6.31. The number of nitrogens with zero attached hydrogens (tertiary/aromatic N) is 7. The molecule has 7 atom stereocenters. The fourth-order valence-corrected chi connectivity index (χ4v) is 11.0. The van der Waals surface area contributed by atoms with Gasteiger partial charge in [0, 0.05) is 25.9 Å². The number of methoxy groups -OCH3 is 1. The van der Waals surface area contributed by atoms with Crippen LogP contribution in [0.25, 0.3) is 11.0 Å². The summed E-state index contributed by atoms with van der Waals surface area (Å²) in [5.74, 6) is 0.904. The second-order valence-corrected chi connectivity index (χ2v) is 20.2. The summed E-state index contributed by atoms with van der Waals surface area (Å²) in [5, 5.41) is 20.9. The molecule has 23 nitrogen and oxygen atoms in total. The Morgan fingerprint density at radius 3 is 2.18 bits per heavy atom. The second-order valence-electron chi connectivity index (χ2n) is 17.3. The lowest BCUT2D eigenvalue weighted by Crippen LogP contribution is -2.37. The molecule has 6 aromatic rings. The van der Waals surface area contributed by atoms with Crippen LogP contribution in [0, 0.1) is 11.8 Å². The number of nitrogens with two attached hydrogens (primary N) is 3. The number of rotatable bonds is 24. The van der Waals surface area contributed by atoms with E-state index in [0.717, 1.165) is 49.0 Å². The molecule has 398 valence electrons. The van der Waals surface area contributed by atoms with Crippen molar-refractivity contribution in [3.8, 4) is 18.1 Å². The number of esters is 2. The first kappa shape index (κ1) is 57.0. The Labute approximate surface area is 431 Å². The zero-order chi connectivity index (χ0) is 53.1. The number of aromatic nitrogens is 6. The van der Waals surface area contributed by atoms with Crippen molar-refractivity contribution in [1.82, 2.24) is 39.4 Å². The summed E-state index contributed by atoms with van der Waals surface area (Å²) in [4.78, 5) is 32.8. The third-order valence-corrected chi connectivity index (χ3v) is 15.1. The molecule has 8 N–H and O–H groups in total. The summed E-state index contributed by atoms with van der Waals surface area (Å²) in [6, 6.07) is 24.0. The highest BCUT2D eigenvalue weighted by atomic mass is 31.2. The van der Waals surface area contributed by atoms with Crippen molar-refractivity contribution in [2.75, 3.05) is 44.9 Å². The smallest absolute Gasteiger partial charge is 0.459 e. The standard InChI is InChI=1S/C25H34N5O6P.C23H31N6O5P.CHN/c1-18(25(31)35-20-8-6-7-9-20)29-37(32,36-21-10-4-3-5-11-21)34-16-22(33-2)14-12-19-13-15-23-24(26)27-17-28-30(19)23;1-3-31-22(30)16(2)28-35(34-17-7-5-4-6-8-17)32-13-18-11-12-23(14-24,33-18)20-10-9-19-21(25)26-15-27-29(19)20;1-2/h3-5,10-11,13,15,17-18,20,22H,6-9,12,14,16H2,1-2H3,(H,29,32)(H2,26,27,28);4-10,15-16,18,28H,3,11-14,24H2,1-2H3,(H2,25,26,27);1H/t;16?,18?,23-,35?;/m.0./s1. The monoisotopic (exact) mass is 1060 g/mol. The average molecular weight is 1060 g/mol. The van der Waals surface area contributed by atoms with Gasteiger partial charge in [0.25, 0.3) is 0 Å². The van der Waals surface area contributed by atoms with E-state index in [1.54, 1.807) is 61.2 Å². The Bertz CT molecular complexity index is 2770. The van der Waals surface area contributed by atoms with Gasteiger partial charge in [0.15, 0.2) is 11.6 Å². The van der Waals surface area contributed by atoms with Gasteiger partial charge in [0.1, 0.15) is 59.0 Å². The van der Waals surface area contributed by atoms with E-state index < -0.39 is 46.0 Å². The predicted molar refractivity (Wildman–Crippen MR) is 276 cm³/mol. The fraction of sp³-hybridized carbons (Fsp3) is 0.449. The summed E-state index contributed by atoms with van der Waals surface area (Å²) >= 11 is 0. The number of hydrogen-bond acceptors (Lipinski definition) is 20. The molecule has 1 aliphatic heterocycles. The number of anilines is 2. The normalized spacial score (nSPS) is 18.9. The van der Waals surface area contributed by atoms with Crippen LogP contribution < -0.4 is 36.4 Å². The number of nitrogen functional groups attached to an aromatic ring is 2. The van der Waals surface area contributed by atoms with Crippen LogP contribution in [0.15, 0.2) is 97.6 Å². The molecule has 2 aliphatic rings. The largest absolute Gasteiger partial charge is 0.465 e. The van der Waals surface area contributed by atoms with Crippen LogP contribution in [0.5, 0.6) is 11.5 Å². The Morgan fingerprint density at radius 1 is 0.892 bits per heavy atom. The van der Waals surface area contributed by atoms with Gasteiger partial charge in [0.2, 0.25) is 0 Å². The van der Waals surface area contributed by atoms with Crippen molar-refractivity contribution in [2.24, 2.45) is 5.73 Å². The lowest BCUT2D eigenvalue weighted by Gasteiger charge is -2.28. The SMILES string of the molecule is C#N.CCOC(=O)C(C)NP(OCC1CC[C@](CN)(c2ccc3c(N)ncnn23)O1)Oc1ccccc1.COC(CCc1ccc2c(N)ncnn12)COP(=O)(NC(C)C(=O)OC1CCCC1)Oc1ccccc1. The van der Waals surface area contributed by atoms with Gasteiger partial charge in [-0.15, -0.1) is 0 Å². The van der Waals surface area contributed by atoms with Crippen LogP contribution in [-0.2, 0) is 54.2 Å². The Kier molecular flexibility index (Phi) is 21.4. The second kappa shape index (κ2) is 27.8. The van der Waals surface area contributed by atoms with Crippen molar-refractivity contribution in [2.45, 2.75) is 108 Å². The first-order chi connectivity index (χ1) is 35.8. The van der Waals surface area contributed by atoms with E-state index in [1.165, 1.54) is 12.7 Å². The zero-order valence-corrected chi connectivity index (χ0v) is 43.7.